The molecule has 244 valence electrons. The topological polar surface area (TPSA) is 132 Å². The molecule has 1 aliphatic rings. The minimum Gasteiger partial charge on any atom is -0.448 e. The van der Waals surface area contributed by atoms with Crippen molar-refractivity contribution in [3.05, 3.63) is 77.4 Å². The van der Waals surface area contributed by atoms with Crippen molar-refractivity contribution < 1.29 is 36.3 Å². The number of ether oxygens (including phenoxy) is 2. The van der Waals surface area contributed by atoms with E-state index in [2.05, 4.69) is 20.6 Å². The van der Waals surface area contributed by atoms with Gasteiger partial charge in [0.05, 0.1) is 27.5 Å². The third-order valence-electron chi connectivity index (χ3n) is 7.54. The normalized spacial score (nSPS) is 14.0. The predicted octanol–water partition coefficient (Wildman–Crippen LogP) is 5.10. The van der Waals surface area contributed by atoms with Gasteiger partial charge in [0.15, 0.2) is 5.82 Å². The molecule has 0 saturated carbocycles. The molecule has 0 atom stereocenters. The average Bonchev–Trinajstić information content (AvgIpc) is 3.38. The van der Waals surface area contributed by atoms with Gasteiger partial charge in [0.2, 0.25) is 9.84 Å². The monoisotopic (exact) mass is 655 g/mol. The first kappa shape index (κ1) is 33.0. The molecular weight excluding hydrogens is 620 g/mol. The van der Waals surface area contributed by atoms with Gasteiger partial charge < -0.3 is 25.0 Å². The molecule has 11 nitrogen and oxygen atoms in total. The second-order valence-corrected chi connectivity index (χ2v) is 13.1. The molecule has 0 radical (unpaired) electrons. The van der Waals surface area contributed by atoms with E-state index in [0.717, 1.165) is 36.1 Å². The molecule has 1 fully saturated rings. The summed E-state index contributed by atoms with van der Waals surface area (Å²) >= 11 is 0. The molecule has 0 bridgehead atoms. The Bertz CT molecular complexity index is 1850. The number of amides is 1. The van der Waals surface area contributed by atoms with Crippen LogP contribution in [0, 0.1) is 11.6 Å². The van der Waals surface area contributed by atoms with Gasteiger partial charge in [-0.25, -0.2) is 22.0 Å². The molecule has 1 amide bonds. The lowest BCUT2D eigenvalue weighted by atomic mass is 10.0. The quantitative estimate of drug-likeness (QED) is 0.240. The SMILES string of the molecule is CCOC(=O)n1nc(NC(=O)c2ccc(CCN(C)C)cc2NC2CCOCC2)c2cc(S(=O)(=O)c3cc(F)cc(F)c3)ccc21. The molecule has 2 N–H and O–H groups in total. The Hall–Kier alpha value is -4.40. The van der Waals surface area contributed by atoms with Crippen molar-refractivity contribution in [2.75, 3.05) is 51.1 Å². The van der Waals surface area contributed by atoms with Crippen molar-refractivity contribution in [3.8, 4) is 0 Å². The minimum absolute atomic E-state index is 0.0425. The van der Waals surface area contributed by atoms with Crippen molar-refractivity contribution in [1.82, 2.24) is 14.7 Å². The van der Waals surface area contributed by atoms with Gasteiger partial charge in [-0.2, -0.15) is 4.68 Å². The second-order valence-electron chi connectivity index (χ2n) is 11.2. The average molecular weight is 656 g/mol. The standard InChI is InChI=1S/C32H35F2N5O6S/c1-4-45-32(41)39-29-8-6-24(46(42,43)25-17-21(33)16-22(34)18-25)19-27(29)30(37-39)36-31(40)26-7-5-20(9-12-38(2)3)15-28(26)35-23-10-13-44-14-11-23/h5-8,15-19,23,35H,4,9-14H2,1-3H3,(H,36,37,40). The number of sulfone groups is 1. The molecule has 0 aliphatic carbocycles. The van der Waals surface area contributed by atoms with Crippen molar-refractivity contribution in [3.63, 3.8) is 0 Å². The minimum atomic E-state index is -4.40. The van der Waals surface area contributed by atoms with E-state index in [4.69, 9.17) is 9.47 Å². The Morgan fingerprint density at radius 1 is 1.02 bits per heavy atom. The maximum Gasteiger partial charge on any atom is 0.435 e. The highest BCUT2D eigenvalue weighted by molar-refractivity contribution is 7.91. The number of carbonyl (C=O) groups excluding carboxylic acids is 2. The van der Waals surface area contributed by atoms with Crippen LogP contribution in [0.25, 0.3) is 10.9 Å². The Balaban J connectivity index is 1.55. The smallest absolute Gasteiger partial charge is 0.435 e. The van der Waals surface area contributed by atoms with Crippen molar-refractivity contribution in [2.45, 2.75) is 42.0 Å². The molecule has 3 aromatic carbocycles. The first-order chi connectivity index (χ1) is 22.0. The van der Waals surface area contributed by atoms with Crippen LogP contribution in [0.2, 0.25) is 0 Å². The third kappa shape index (κ3) is 7.35. The van der Waals surface area contributed by atoms with Gasteiger partial charge >= 0.3 is 6.09 Å². The van der Waals surface area contributed by atoms with Gasteiger partial charge in [-0.3, -0.25) is 4.79 Å². The first-order valence-electron chi connectivity index (χ1n) is 14.8. The number of benzene rings is 3. The fourth-order valence-corrected chi connectivity index (χ4v) is 6.48. The van der Waals surface area contributed by atoms with Crippen LogP contribution in [-0.4, -0.2) is 81.6 Å². The number of fused-ring (bicyclic) bond motifs is 1. The number of nitrogens with one attached hydrogen (secondary N) is 2. The molecule has 1 saturated heterocycles. The lowest BCUT2D eigenvalue weighted by Gasteiger charge is -2.25. The van der Waals surface area contributed by atoms with Crippen molar-refractivity contribution in [1.29, 1.82) is 0 Å². The van der Waals surface area contributed by atoms with Gasteiger partial charge in [0.1, 0.15) is 11.6 Å². The summed E-state index contributed by atoms with van der Waals surface area (Å²) in [5, 5.41) is 10.6. The summed E-state index contributed by atoms with van der Waals surface area (Å²) in [5.41, 5.74) is 2.11. The summed E-state index contributed by atoms with van der Waals surface area (Å²) in [6.45, 7) is 3.67. The molecule has 4 aromatic rings. The highest BCUT2D eigenvalue weighted by atomic mass is 32.2. The van der Waals surface area contributed by atoms with E-state index in [9.17, 15) is 26.8 Å². The highest BCUT2D eigenvalue weighted by Gasteiger charge is 2.25. The Morgan fingerprint density at radius 2 is 1.74 bits per heavy atom. The summed E-state index contributed by atoms with van der Waals surface area (Å²) < 4.78 is 66.1. The Kier molecular flexibility index (Phi) is 9.99. The van der Waals surface area contributed by atoms with Crippen LogP contribution in [0.4, 0.5) is 25.1 Å². The zero-order valence-corrected chi connectivity index (χ0v) is 26.5. The number of aromatic nitrogens is 2. The fourth-order valence-electron chi connectivity index (χ4n) is 5.15. The molecule has 5 rings (SSSR count). The van der Waals surface area contributed by atoms with Crippen LogP contribution in [0.1, 0.15) is 35.7 Å². The summed E-state index contributed by atoms with van der Waals surface area (Å²) in [7, 11) is -0.439. The number of anilines is 2. The van der Waals surface area contributed by atoms with Crippen molar-refractivity contribution in [2.24, 2.45) is 0 Å². The second kappa shape index (κ2) is 13.9. The summed E-state index contributed by atoms with van der Waals surface area (Å²) in [5.74, 6) is -2.77. The number of nitrogens with zero attached hydrogens (tertiary/aromatic N) is 3. The molecule has 1 aromatic heterocycles. The molecule has 46 heavy (non-hydrogen) atoms. The van der Waals surface area contributed by atoms with Gasteiger partial charge in [0.25, 0.3) is 5.91 Å². The molecule has 0 unspecified atom stereocenters. The first-order valence-corrected chi connectivity index (χ1v) is 16.3. The number of likely N-dealkylation sites (N-methyl/N-ethyl adjacent to an activating group) is 1. The molecule has 1 aliphatic heterocycles. The molecule has 0 spiro atoms. The van der Waals surface area contributed by atoms with Gasteiger partial charge in [-0.15, -0.1) is 5.10 Å². The zero-order valence-electron chi connectivity index (χ0n) is 25.7. The number of hydrogen-bond donors (Lipinski definition) is 2. The molecule has 14 heteroatoms. The number of rotatable bonds is 10. The van der Waals surface area contributed by atoms with Gasteiger partial charge in [0, 0.05) is 42.9 Å². The van der Waals surface area contributed by atoms with E-state index >= 15 is 0 Å². The number of carbonyl (C=O) groups is 2. The lowest BCUT2D eigenvalue weighted by molar-refractivity contribution is 0.0904. The Morgan fingerprint density at radius 3 is 2.41 bits per heavy atom. The number of halogens is 2. The van der Waals surface area contributed by atoms with Crippen LogP contribution in [0.5, 0.6) is 0 Å². The maximum absolute atomic E-state index is 13.9. The number of hydrogen-bond acceptors (Lipinski definition) is 9. The van der Waals surface area contributed by atoms with E-state index in [0.29, 0.717) is 42.7 Å². The van der Waals surface area contributed by atoms with E-state index in [-0.39, 0.29) is 34.3 Å². The fraction of sp³-hybridized carbons (Fsp3) is 0.344. The highest BCUT2D eigenvalue weighted by Crippen LogP contribution is 2.31. The van der Waals surface area contributed by atoms with Crippen molar-refractivity contribution >= 4 is 44.2 Å². The van der Waals surface area contributed by atoms with Crippen LogP contribution in [0.3, 0.4) is 0 Å². The third-order valence-corrected chi connectivity index (χ3v) is 9.27. The van der Waals surface area contributed by atoms with Gasteiger partial charge in [-0.05, 0) is 88.3 Å². The Labute approximate surface area is 265 Å². The van der Waals surface area contributed by atoms with E-state index < -0.39 is 38.4 Å². The van der Waals surface area contributed by atoms with Crippen LogP contribution in [-0.2, 0) is 25.7 Å². The summed E-state index contributed by atoms with van der Waals surface area (Å²) in [6, 6.07) is 11.3. The largest absolute Gasteiger partial charge is 0.448 e. The van der Waals surface area contributed by atoms with E-state index in [1.54, 1.807) is 13.0 Å². The van der Waals surface area contributed by atoms with Crippen LogP contribution >= 0.6 is 0 Å². The van der Waals surface area contributed by atoms with Gasteiger partial charge in [-0.1, -0.05) is 6.07 Å². The summed E-state index contributed by atoms with van der Waals surface area (Å²) in [4.78, 5) is 27.7. The maximum atomic E-state index is 13.9. The van der Waals surface area contributed by atoms with E-state index in [1.165, 1.54) is 18.2 Å². The van der Waals surface area contributed by atoms with E-state index in [1.807, 2.05) is 26.2 Å². The predicted molar refractivity (Wildman–Crippen MR) is 168 cm³/mol. The van der Waals surface area contributed by atoms with Crippen LogP contribution in [0.15, 0.2) is 64.4 Å². The zero-order chi connectivity index (χ0) is 33.0. The lowest BCUT2D eigenvalue weighted by Crippen LogP contribution is -2.29. The molecule has 2 heterocycles. The summed E-state index contributed by atoms with van der Waals surface area (Å²) in [6.07, 6.45) is 1.45. The van der Waals surface area contributed by atoms with Crippen LogP contribution < -0.4 is 10.6 Å². The molecular formula is C32H35F2N5O6S.